The molecule has 1 spiro atoms. The monoisotopic (exact) mass is 447 g/mol. The Labute approximate surface area is 178 Å². The number of nitrogens with zero attached hydrogens (tertiary/aromatic N) is 5. The van der Waals surface area contributed by atoms with Gasteiger partial charge in [-0.25, -0.2) is 4.79 Å². The molecule has 1 aromatic rings. The minimum absolute atomic E-state index is 0.0972. The van der Waals surface area contributed by atoms with E-state index in [0.717, 1.165) is 39.3 Å². The summed E-state index contributed by atoms with van der Waals surface area (Å²) in [4.78, 5) is 39.4. The van der Waals surface area contributed by atoms with Crippen molar-refractivity contribution in [3.05, 3.63) is 18.0 Å². The van der Waals surface area contributed by atoms with Gasteiger partial charge in [-0.2, -0.15) is 18.3 Å². The van der Waals surface area contributed by atoms with Crippen LogP contribution < -0.4 is 0 Å². The number of likely N-dealkylation sites (tertiary alicyclic amines) is 1. The van der Waals surface area contributed by atoms with E-state index in [1.165, 1.54) is 5.56 Å². The van der Waals surface area contributed by atoms with E-state index in [9.17, 15) is 22.8 Å². The van der Waals surface area contributed by atoms with Crippen LogP contribution in [0.4, 0.5) is 13.2 Å². The molecular weight excluding hydrogens is 419 g/mol. The molecule has 0 radical (unpaired) electrons. The van der Waals surface area contributed by atoms with E-state index in [2.05, 4.69) is 10.00 Å². The summed E-state index contributed by atoms with van der Waals surface area (Å²) in [5, 5.41) is 11.4. The van der Waals surface area contributed by atoms with E-state index in [1.54, 1.807) is 6.92 Å². The maximum Gasteiger partial charge on any atom is 0.490 e. The summed E-state index contributed by atoms with van der Waals surface area (Å²) < 4.78 is 33.5. The molecule has 31 heavy (non-hydrogen) atoms. The molecule has 9 nitrogen and oxygen atoms in total. The average Bonchev–Trinajstić information content (AvgIpc) is 3.14. The normalized spacial score (nSPS) is 22.3. The van der Waals surface area contributed by atoms with Gasteiger partial charge in [0, 0.05) is 83.4 Å². The number of carbonyl (C=O) groups excluding carboxylic acids is 2. The lowest BCUT2D eigenvalue weighted by Gasteiger charge is -2.33. The second-order valence-electron chi connectivity index (χ2n) is 8.06. The lowest BCUT2D eigenvalue weighted by atomic mass is 9.86. The quantitative estimate of drug-likeness (QED) is 0.741. The third-order valence-corrected chi connectivity index (χ3v) is 5.41. The second-order valence-corrected chi connectivity index (χ2v) is 8.06. The largest absolute Gasteiger partial charge is 0.490 e. The number of carbonyl (C=O) groups is 3. The summed E-state index contributed by atoms with van der Waals surface area (Å²) in [7, 11) is 1.92. The van der Waals surface area contributed by atoms with Gasteiger partial charge in [0.25, 0.3) is 0 Å². The van der Waals surface area contributed by atoms with Gasteiger partial charge >= 0.3 is 12.1 Å². The van der Waals surface area contributed by atoms with E-state index >= 15 is 0 Å². The highest BCUT2D eigenvalue weighted by Crippen LogP contribution is 2.35. The lowest BCUT2D eigenvalue weighted by molar-refractivity contribution is -0.192. The van der Waals surface area contributed by atoms with E-state index in [0.29, 0.717) is 13.0 Å². The highest BCUT2D eigenvalue weighted by molar-refractivity contribution is 5.80. The summed E-state index contributed by atoms with van der Waals surface area (Å²) in [5.41, 5.74) is 1.01. The Hall–Kier alpha value is -2.63. The third-order valence-electron chi connectivity index (χ3n) is 5.41. The van der Waals surface area contributed by atoms with Crippen LogP contribution in [-0.2, 0) is 28.0 Å². The first-order valence-corrected chi connectivity index (χ1v) is 9.88. The number of aromatic nitrogens is 2. The average molecular weight is 447 g/mol. The number of alkyl halides is 3. The third kappa shape index (κ3) is 6.68. The van der Waals surface area contributed by atoms with Crippen LogP contribution in [0, 0.1) is 5.41 Å². The number of amides is 2. The molecule has 0 saturated carbocycles. The molecule has 2 saturated heterocycles. The summed E-state index contributed by atoms with van der Waals surface area (Å²) in [6.45, 7) is 9.00. The fourth-order valence-electron chi connectivity index (χ4n) is 4.05. The molecule has 2 amide bonds. The fraction of sp³-hybridized carbons (Fsp3) is 0.684. The number of hydrogen-bond acceptors (Lipinski definition) is 5. The van der Waals surface area contributed by atoms with Gasteiger partial charge in [0.2, 0.25) is 11.8 Å². The molecule has 2 aliphatic heterocycles. The Kier molecular flexibility index (Phi) is 7.68. The first-order valence-electron chi connectivity index (χ1n) is 9.88. The summed E-state index contributed by atoms with van der Waals surface area (Å²) in [6, 6.07) is 0. The van der Waals surface area contributed by atoms with Gasteiger partial charge in [-0.15, -0.1) is 0 Å². The zero-order chi connectivity index (χ0) is 23.4. The molecule has 1 atom stereocenters. The molecule has 3 heterocycles. The van der Waals surface area contributed by atoms with Crippen molar-refractivity contribution >= 4 is 17.8 Å². The van der Waals surface area contributed by atoms with Gasteiger partial charge in [-0.05, 0) is 6.92 Å². The van der Waals surface area contributed by atoms with Crippen LogP contribution in [0.2, 0.25) is 0 Å². The Morgan fingerprint density at radius 1 is 1.23 bits per heavy atom. The maximum absolute atomic E-state index is 12.3. The van der Waals surface area contributed by atoms with E-state index in [4.69, 9.17) is 9.90 Å². The number of hydrogen-bond donors (Lipinski definition) is 1. The highest BCUT2D eigenvalue weighted by Gasteiger charge is 2.46. The molecule has 0 aliphatic carbocycles. The number of aryl methyl sites for hydroxylation is 1. The molecular formula is C19H28F3N5O4. The predicted molar refractivity (Wildman–Crippen MR) is 104 cm³/mol. The van der Waals surface area contributed by atoms with E-state index in [-0.39, 0.29) is 17.2 Å². The van der Waals surface area contributed by atoms with Crippen molar-refractivity contribution in [3.63, 3.8) is 0 Å². The van der Waals surface area contributed by atoms with Crippen LogP contribution in [0.1, 0.15) is 25.8 Å². The zero-order valence-corrected chi connectivity index (χ0v) is 17.9. The number of rotatable bonds is 3. The van der Waals surface area contributed by atoms with Crippen LogP contribution in [0.25, 0.3) is 0 Å². The molecule has 3 rings (SSSR count). The summed E-state index contributed by atoms with van der Waals surface area (Å²) >= 11 is 0. The van der Waals surface area contributed by atoms with Crippen molar-refractivity contribution in [2.75, 3.05) is 39.3 Å². The molecule has 1 N–H and O–H groups in total. The number of carboxylic acids is 1. The van der Waals surface area contributed by atoms with Crippen LogP contribution in [0.5, 0.6) is 0 Å². The molecule has 174 valence electrons. The van der Waals surface area contributed by atoms with Gasteiger partial charge in [-0.1, -0.05) is 0 Å². The van der Waals surface area contributed by atoms with Crippen molar-refractivity contribution in [1.82, 2.24) is 24.5 Å². The first kappa shape index (κ1) is 24.6. The Morgan fingerprint density at radius 2 is 1.87 bits per heavy atom. The summed E-state index contributed by atoms with van der Waals surface area (Å²) in [6.07, 6.45) is -0.634. The molecule has 0 bridgehead atoms. The van der Waals surface area contributed by atoms with Crippen molar-refractivity contribution in [2.24, 2.45) is 12.5 Å². The lowest BCUT2D eigenvalue weighted by Crippen LogP contribution is -2.43. The molecule has 0 aromatic carbocycles. The van der Waals surface area contributed by atoms with Crippen molar-refractivity contribution < 1.29 is 32.7 Å². The van der Waals surface area contributed by atoms with E-state index in [1.807, 2.05) is 40.8 Å². The zero-order valence-electron chi connectivity index (χ0n) is 17.9. The number of carboxylic acid groups (broad SMARTS) is 1. The second kappa shape index (κ2) is 9.67. The van der Waals surface area contributed by atoms with Gasteiger partial charge in [0.15, 0.2) is 0 Å². The topological polar surface area (TPSA) is 99.0 Å². The Bertz CT molecular complexity index is 813. The Morgan fingerprint density at radius 3 is 2.32 bits per heavy atom. The van der Waals surface area contributed by atoms with Gasteiger partial charge in [0.1, 0.15) is 0 Å². The van der Waals surface area contributed by atoms with Crippen molar-refractivity contribution in [1.29, 1.82) is 0 Å². The van der Waals surface area contributed by atoms with Crippen LogP contribution in [0.3, 0.4) is 0 Å². The first-order chi connectivity index (χ1) is 14.3. The molecule has 1 aromatic heterocycles. The van der Waals surface area contributed by atoms with Crippen molar-refractivity contribution in [2.45, 2.75) is 33.0 Å². The number of aliphatic carboxylic acids is 1. The Balaban J connectivity index is 0.000000423. The maximum atomic E-state index is 12.3. The fourth-order valence-corrected chi connectivity index (χ4v) is 4.05. The van der Waals surface area contributed by atoms with Gasteiger partial charge in [-0.3, -0.25) is 19.2 Å². The molecule has 1 unspecified atom stereocenters. The van der Waals surface area contributed by atoms with Crippen molar-refractivity contribution in [3.8, 4) is 0 Å². The molecule has 2 fully saturated rings. The van der Waals surface area contributed by atoms with E-state index < -0.39 is 12.1 Å². The predicted octanol–water partition coefficient (Wildman–Crippen LogP) is 0.956. The smallest absolute Gasteiger partial charge is 0.475 e. The molecule has 12 heteroatoms. The SMILES string of the molecule is CCN1CC2(CC1=O)CN(Cc1cnn(C)c1)CCN(C(C)=O)C2.O=C(O)C(F)(F)F. The minimum atomic E-state index is -5.08. The van der Waals surface area contributed by atoms with Gasteiger partial charge in [0.05, 0.1) is 6.20 Å². The van der Waals surface area contributed by atoms with Crippen LogP contribution >= 0.6 is 0 Å². The van der Waals surface area contributed by atoms with Gasteiger partial charge < -0.3 is 14.9 Å². The molecule has 2 aliphatic rings. The highest BCUT2D eigenvalue weighted by atomic mass is 19.4. The number of halogens is 3. The summed E-state index contributed by atoms with van der Waals surface area (Å²) in [5.74, 6) is -2.45. The van der Waals surface area contributed by atoms with Crippen LogP contribution in [-0.4, -0.2) is 92.8 Å². The van der Waals surface area contributed by atoms with Crippen LogP contribution in [0.15, 0.2) is 12.4 Å². The minimum Gasteiger partial charge on any atom is -0.475 e. The standard InChI is InChI=1S/C17H27N5O2.C2HF3O2/c1-4-21-12-17(7-16(21)24)11-20(5-6-22(13-17)14(2)23)10-15-8-18-19(3)9-15;3-2(4,5)1(6)7/h8-9H,4-7,10-13H2,1-3H3;(H,6,7).